The van der Waals surface area contributed by atoms with Crippen molar-refractivity contribution in [2.75, 3.05) is 20.2 Å². The van der Waals surface area contributed by atoms with Gasteiger partial charge in [0.2, 0.25) is 0 Å². The molecule has 0 unspecified atom stereocenters. The van der Waals surface area contributed by atoms with E-state index in [1.807, 2.05) is 42.5 Å². The van der Waals surface area contributed by atoms with E-state index in [4.69, 9.17) is 4.74 Å². The van der Waals surface area contributed by atoms with Crippen molar-refractivity contribution in [3.8, 4) is 5.75 Å². The highest BCUT2D eigenvalue weighted by molar-refractivity contribution is 7.18. The Morgan fingerprint density at radius 2 is 1.93 bits per heavy atom. The third kappa shape index (κ3) is 5.69. The first kappa shape index (κ1) is 19.2. The number of amides is 2. The molecule has 0 radical (unpaired) electrons. The maximum absolute atomic E-state index is 12.2. The Kier molecular flexibility index (Phi) is 6.65. The predicted molar refractivity (Wildman–Crippen MR) is 110 cm³/mol. The van der Waals surface area contributed by atoms with Gasteiger partial charge in [-0.05, 0) is 44.0 Å². The summed E-state index contributed by atoms with van der Waals surface area (Å²) in [5.74, 6) is 0.889. The number of hydrogen-bond donors (Lipinski definition) is 1. The summed E-state index contributed by atoms with van der Waals surface area (Å²) in [5, 5.41) is 3.90. The Bertz CT molecular complexity index is 844. The third-order valence-electron chi connectivity index (χ3n) is 4.19. The van der Waals surface area contributed by atoms with Crippen molar-refractivity contribution >= 4 is 27.6 Å². The molecule has 6 heteroatoms. The highest BCUT2D eigenvalue weighted by Gasteiger charge is 2.11. The molecule has 5 nitrogen and oxygen atoms in total. The van der Waals surface area contributed by atoms with Gasteiger partial charge in [-0.25, -0.2) is 9.78 Å². The molecule has 0 aliphatic rings. The lowest BCUT2D eigenvalue weighted by atomic mass is 10.2. The molecule has 2 aromatic carbocycles. The fourth-order valence-electron chi connectivity index (χ4n) is 2.64. The molecule has 3 aromatic rings. The lowest BCUT2D eigenvalue weighted by Crippen LogP contribution is -2.37. The van der Waals surface area contributed by atoms with Crippen LogP contribution in [0.5, 0.6) is 5.75 Å². The molecule has 27 heavy (non-hydrogen) atoms. The smallest absolute Gasteiger partial charge is 0.317 e. The molecule has 0 aliphatic carbocycles. The summed E-state index contributed by atoms with van der Waals surface area (Å²) in [6.07, 6.45) is 1.78. The van der Waals surface area contributed by atoms with Crippen molar-refractivity contribution < 1.29 is 9.53 Å². The first-order chi connectivity index (χ1) is 13.1. The number of aryl methyl sites for hydroxylation is 1. The molecule has 0 saturated heterocycles. The summed E-state index contributed by atoms with van der Waals surface area (Å²) in [7, 11) is 1.79. The zero-order chi connectivity index (χ0) is 19.1. The molecular formula is C21H25N3O2S. The maximum Gasteiger partial charge on any atom is 0.317 e. The van der Waals surface area contributed by atoms with Crippen LogP contribution in [0.3, 0.4) is 0 Å². The molecule has 0 aliphatic heterocycles. The minimum Gasteiger partial charge on any atom is -0.494 e. The van der Waals surface area contributed by atoms with E-state index in [0.29, 0.717) is 19.7 Å². The summed E-state index contributed by atoms with van der Waals surface area (Å²) in [5.41, 5.74) is 2.21. The van der Waals surface area contributed by atoms with Gasteiger partial charge in [0, 0.05) is 13.6 Å². The summed E-state index contributed by atoms with van der Waals surface area (Å²) < 4.78 is 6.84. The highest BCUT2D eigenvalue weighted by atomic mass is 32.1. The SMILES string of the molecule is Cc1ccc(OCCCCNC(=O)N(C)Cc2nc3ccccc3s2)cc1. The van der Waals surface area contributed by atoms with E-state index >= 15 is 0 Å². The van der Waals surface area contributed by atoms with E-state index in [1.54, 1.807) is 23.3 Å². The van der Waals surface area contributed by atoms with E-state index in [2.05, 4.69) is 23.3 Å². The second-order valence-corrected chi connectivity index (χ2v) is 7.65. The molecule has 3 rings (SSSR count). The van der Waals surface area contributed by atoms with Crippen LogP contribution in [0.1, 0.15) is 23.4 Å². The van der Waals surface area contributed by atoms with Crippen LogP contribution in [0, 0.1) is 6.92 Å². The molecule has 1 N–H and O–H groups in total. The number of nitrogens with one attached hydrogen (secondary N) is 1. The van der Waals surface area contributed by atoms with Crippen molar-refractivity contribution in [2.45, 2.75) is 26.3 Å². The number of urea groups is 1. The van der Waals surface area contributed by atoms with Crippen molar-refractivity contribution in [2.24, 2.45) is 0 Å². The van der Waals surface area contributed by atoms with Crippen LogP contribution in [0.2, 0.25) is 0 Å². The summed E-state index contributed by atoms with van der Waals surface area (Å²) in [6.45, 7) is 3.86. The standard InChI is InChI=1S/C21H25N3O2S/c1-16-9-11-17(12-10-16)26-14-6-5-13-22-21(25)24(2)15-20-23-18-7-3-4-8-19(18)27-20/h3-4,7-12H,5-6,13-15H2,1-2H3,(H,22,25). The van der Waals surface area contributed by atoms with Crippen molar-refractivity contribution in [3.63, 3.8) is 0 Å². The maximum atomic E-state index is 12.2. The normalized spacial score (nSPS) is 10.7. The number of benzene rings is 2. The van der Waals surface area contributed by atoms with Gasteiger partial charge < -0.3 is 15.0 Å². The Morgan fingerprint density at radius 3 is 2.70 bits per heavy atom. The highest BCUT2D eigenvalue weighted by Crippen LogP contribution is 2.22. The average molecular weight is 384 g/mol. The van der Waals surface area contributed by atoms with Gasteiger partial charge in [-0.1, -0.05) is 29.8 Å². The number of para-hydroxylation sites is 1. The quantitative estimate of drug-likeness (QED) is 0.578. The topological polar surface area (TPSA) is 54.5 Å². The van der Waals surface area contributed by atoms with Gasteiger partial charge in [0.25, 0.3) is 0 Å². The first-order valence-electron chi connectivity index (χ1n) is 9.15. The van der Waals surface area contributed by atoms with E-state index in [0.717, 1.165) is 33.8 Å². The fraction of sp³-hybridized carbons (Fsp3) is 0.333. The second-order valence-electron chi connectivity index (χ2n) is 6.53. The minimum atomic E-state index is -0.0753. The van der Waals surface area contributed by atoms with Crippen molar-refractivity contribution in [1.82, 2.24) is 15.2 Å². The number of fused-ring (bicyclic) bond motifs is 1. The molecule has 0 fully saturated rings. The van der Waals surface area contributed by atoms with Crippen LogP contribution in [0.25, 0.3) is 10.2 Å². The Balaban J connectivity index is 1.33. The van der Waals surface area contributed by atoms with Crippen LogP contribution in [-0.2, 0) is 6.54 Å². The number of aromatic nitrogens is 1. The number of thiazole rings is 1. The molecule has 0 spiro atoms. The summed E-state index contributed by atoms with van der Waals surface area (Å²) in [6, 6.07) is 16.0. The average Bonchev–Trinajstić information content (AvgIpc) is 3.08. The molecule has 1 heterocycles. The molecule has 2 amide bonds. The predicted octanol–water partition coefficient (Wildman–Crippen LogP) is 4.61. The van der Waals surface area contributed by atoms with Crippen LogP contribution in [-0.4, -0.2) is 36.1 Å². The fourth-order valence-corrected chi connectivity index (χ4v) is 3.67. The van der Waals surface area contributed by atoms with Crippen LogP contribution < -0.4 is 10.1 Å². The van der Waals surface area contributed by atoms with Crippen LogP contribution in [0.4, 0.5) is 4.79 Å². The first-order valence-corrected chi connectivity index (χ1v) is 9.96. The van der Waals surface area contributed by atoms with Crippen LogP contribution in [0.15, 0.2) is 48.5 Å². The number of rotatable bonds is 8. The third-order valence-corrected chi connectivity index (χ3v) is 5.22. The number of unbranched alkanes of at least 4 members (excludes halogenated alkanes) is 1. The largest absolute Gasteiger partial charge is 0.494 e. The lowest BCUT2D eigenvalue weighted by molar-refractivity contribution is 0.206. The number of nitrogens with zero attached hydrogens (tertiary/aromatic N) is 2. The monoisotopic (exact) mass is 383 g/mol. The number of carbonyl (C=O) groups is 1. The van der Waals surface area contributed by atoms with Gasteiger partial charge in [0.05, 0.1) is 23.4 Å². The minimum absolute atomic E-state index is 0.0753. The molecule has 0 atom stereocenters. The zero-order valence-corrected chi connectivity index (χ0v) is 16.6. The van der Waals surface area contributed by atoms with Gasteiger partial charge in [0.15, 0.2) is 0 Å². The molecule has 0 bridgehead atoms. The molecule has 1 aromatic heterocycles. The second kappa shape index (κ2) is 9.37. The van der Waals surface area contributed by atoms with E-state index < -0.39 is 0 Å². The van der Waals surface area contributed by atoms with Crippen molar-refractivity contribution in [1.29, 1.82) is 0 Å². The Labute approximate surface area is 164 Å². The summed E-state index contributed by atoms with van der Waals surface area (Å²) >= 11 is 1.63. The van der Waals surface area contributed by atoms with E-state index in [1.165, 1.54) is 5.56 Å². The van der Waals surface area contributed by atoms with Crippen molar-refractivity contribution in [3.05, 3.63) is 59.1 Å². The summed E-state index contributed by atoms with van der Waals surface area (Å²) in [4.78, 5) is 18.4. The number of carbonyl (C=O) groups excluding carboxylic acids is 1. The number of ether oxygens (including phenoxy) is 1. The molecule has 0 saturated carbocycles. The Hall–Kier alpha value is -2.60. The van der Waals surface area contributed by atoms with E-state index in [9.17, 15) is 4.79 Å². The van der Waals surface area contributed by atoms with E-state index in [-0.39, 0.29) is 6.03 Å². The lowest BCUT2D eigenvalue weighted by Gasteiger charge is -2.16. The Morgan fingerprint density at radius 1 is 1.15 bits per heavy atom. The van der Waals surface area contributed by atoms with Gasteiger partial charge in [-0.15, -0.1) is 11.3 Å². The van der Waals surface area contributed by atoms with Gasteiger partial charge in [0.1, 0.15) is 10.8 Å². The molecule has 142 valence electrons. The zero-order valence-electron chi connectivity index (χ0n) is 15.8. The van der Waals surface area contributed by atoms with Crippen LogP contribution >= 0.6 is 11.3 Å². The van der Waals surface area contributed by atoms with Gasteiger partial charge in [-0.2, -0.15) is 0 Å². The number of hydrogen-bond acceptors (Lipinski definition) is 4. The van der Waals surface area contributed by atoms with Gasteiger partial charge >= 0.3 is 6.03 Å². The molecular weight excluding hydrogens is 358 g/mol. The van der Waals surface area contributed by atoms with Gasteiger partial charge in [-0.3, -0.25) is 0 Å².